The van der Waals surface area contributed by atoms with Crippen LogP contribution in [0.1, 0.15) is 58.8 Å². The molecule has 1 atom stereocenters. The SMILES string of the molecule is CCCCC(NC(=O)CCCCCNC(C)=O)C(=O)O. The molecule has 0 saturated heterocycles. The molecule has 0 spiro atoms. The smallest absolute Gasteiger partial charge is 0.326 e. The molecule has 0 aromatic rings. The lowest BCUT2D eigenvalue weighted by Crippen LogP contribution is -2.40. The van der Waals surface area contributed by atoms with Gasteiger partial charge in [0, 0.05) is 19.9 Å². The third-order valence-electron chi connectivity index (χ3n) is 2.93. The summed E-state index contributed by atoms with van der Waals surface area (Å²) in [6, 6.07) is -0.776. The van der Waals surface area contributed by atoms with Crippen molar-refractivity contribution in [2.45, 2.75) is 64.8 Å². The normalized spacial score (nSPS) is 11.7. The number of carboxylic acid groups (broad SMARTS) is 1. The van der Waals surface area contributed by atoms with Crippen LogP contribution >= 0.6 is 0 Å². The average Bonchev–Trinajstić information content (AvgIpc) is 2.37. The van der Waals surface area contributed by atoms with E-state index in [0.29, 0.717) is 25.8 Å². The largest absolute Gasteiger partial charge is 0.480 e. The van der Waals surface area contributed by atoms with E-state index in [9.17, 15) is 14.4 Å². The number of carboxylic acids is 1. The van der Waals surface area contributed by atoms with Gasteiger partial charge in [-0.05, 0) is 19.3 Å². The Labute approximate surface area is 120 Å². The van der Waals surface area contributed by atoms with Gasteiger partial charge >= 0.3 is 5.97 Å². The van der Waals surface area contributed by atoms with E-state index in [1.165, 1.54) is 6.92 Å². The monoisotopic (exact) mass is 286 g/mol. The number of amides is 2. The van der Waals surface area contributed by atoms with E-state index in [2.05, 4.69) is 10.6 Å². The molecule has 1 unspecified atom stereocenters. The minimum atomic E-state index is -0.975. The summed E-state index contributed by atoms with van der Waals surface area (Å²) >= 11 is 0. The fourth-order valence-electron chi connectivity index (χ4n) is 1.78. The molecular weight excluding hydrogens is 260 g/mol. The Kier molecular flexibility index (Phi) is 10.4. The maximum Gasteiger partial charge on any atom is 0.326 e. The van der Waals surface area contributed by atoms with E-state index in [4.69, 9.17) is 5.11 Å². The molecule has 0 aliphatic rings. The second-order valence-corrected chi connectivity index (χ2v) is 4.89. The highest BCUT2D eigenvalue weighted by molar-refractivity contribution is 5.83. The van der Waals surface area contributed by atoms with Gasteiger partial charge in [0.25, 0.3) is 0 Å². The predicted octanol–water partition coefficient (Wildman–Crippen LogP) is 1.44. The number of nitrogens with one attached hydrogen (secondary N) is 2. The maximum absolute atomic E-state index is 11.6. The zero-order valence-corrected chi connectivity index (χ0v) is 12.4. The molecule has 20 heavy (non-hydrogen) atoms. The fraction of sp³-hybridized carbons (Fsp3) is 0.786. The van der Waals surface area contributed by atoms with Crippen molar-refractivity contribution < 1.29 is 19.5 Å². The van der Waals surface area contributed by atoms with Gasteiger partial charge in [0.15, 0.2) is 0 Å². The van der Waals surface area contributed by atoms with Crippen LogP contribution in [0.25, 0.3) is 0 Å². The van der Waals surface area contributed by atoms with Gasteiger partial charge in [-0.3, -0.25) is 9.59 Å². The molecule has 6 heteroatoms. The zero-order valence-electron chi connectivity index (χ0n) is 12.4. The molecule has 116 valence electrons. The van der Waals surface area contributed by atoms with Crippen molar-refractivity contribution in [3.05, 3.63) is 0 Å². The summed E-state index contributed by atoms with van der Waals surface area (Å²) in [6.07, 6.45) is 4.85. The van der Waals surface area contributed by atoms with E-state index < -0.39 is 12.0 Å². The van der Waals surface area contributed by atoms with Crippen LogP contribution in [-0.2, 0) is 14.4 Å². The third kappa shape index (κ3) is 10.3. The molecule has 0 aromatic carbocycles. The summed E-state index contributed by atoms with van der Waals surface area (Å²) in [7, 11) is 0. The highest BCUT2D eigenvalue weighted by Gasteiger charge is 2.18. The van der Waals surface area contributed by atoms with E-state index in [0.717, 1.165) is 25.7 Å². The van der Waals surface area contributed by atoms with Crippen LogP contribution in [0.4, 0.5) is 0 Å². The molecule has 0 aromatic heterocycles. The van der Waals surface area contributed by atoms with Gasteiger partial charge in [-0.2, -0.15) is 0 Å². The molecule has 0 aliphatic carbocycles. The Hall–Kier alpha value is -1.59. The zero-order chi connectivity index (χ0) is 15.4. The van der Waals surface area contributed by atoms with Crippen LogP contribution in [0, 0.1) is 0 Å². The predicted molar refractivity (Wildman–Crippen MR) is 76.2 cm³/mol. The van der Waals surface area contributed by atoms with Crippen molar-refractivity contribution in [2.75, 3.05) is 6.54 Å². The summed E-state index contributed by atoms with van der Waals surface area (Å²) in [4.78, 5) is 33.2. The van der Waals surface area contributed by atoms with Crippen LogP contribution in [0.15, 0.2) is 0 Å². The van der Waals surface area contributed by atoms with Crippen LogP contribution in [0.5, 0.6) is 0 Å². The van der Waals surface area contributed by atoms with Gasteiger partial charge in [0.1, 0.15) is 6.04 Å². The highest BCUT2D eigenvalue weighted by atomic mass is 16.4. The molecule has 0 saturated carbocycles. The second kappa shape index (κ2) is 11.3. The van der Waals surface area contributed by atoms with E-state index in [-0.39, 0.29) is 11.8 Å². The standard InChI is InChI=1S/C14H26N2O4/c1-3-4-8-12(14(19)20)16-13(18)9-6-5-7-10-15-11(2)17/h12H,3-10H2,1-2H3,(H,15,17)(H,16,18)(H,19,20). The summed E-state index contributed by atoms with van der Waals surface area (Å²) < 4.78 is 0. The van der Waals surface area contributed by atoms with Gasteiger partial charge in [-0.25, -0.2) is 4.79 Å². The summed E-state index contributed by atoms with van der Waals surface area (Å²) in [5.41, 5.74) is 0. The molecule has 0 bridgehead atoms. The fourth-order valence-corrected chi connectivity index (χ4v) is 1.78. The first-order valence-electron chi connectivity index (χ1n) is 7.24. The minimum Gasteiger partial charge on any atom is -0.480 e. The van der Waals surface area contributed by atoms with E-state index >= 15 is 0 Å². The Morgan fingerprint density at radius 2 is 1.80 bits per heavy atom. The Bertz CT molecular complexity index is 318. The van der Waals surface area contributed by atoms with Crippen LogP contribution < -0.4 is 10.6 Å². The molecular formula is C14H26N2O4. The first-order chi connectivity index (χ1) is 9.47. The second-order valence-electron chi connectivity index (χ2n) is 4.89. The molecule has 0 fully saturated rings. The minimum absolute atomic E-state index is 0.0528. The van der Waals surface area contributed by atoms with Crippen molar-refractivity contribution in [2.24, 2.45) is 0 Å². The third-order valence-corrected chi connectivity index (χ3v) is 2.93. The van der Waals surface area contributed by atoms with Crippen LogP contribution in [0.3, 0.4) is 0 Å². The van der Waals surface area contributed by atoms with E-state index in [1.54, 1.807) is 0 Å². The van der Waals surface area contributed by atoms with Crippen molar-refractivity contribution in [1.29, 1.82) is 0 Å². The lowest BCUT2D eigenvalue weighted by molar-refractivity contribution is -0.142. The summed E-state index contributed by atoms with van der Waals surface area (Å²) in [6.45, 7) is 4.07. The molecule has 2 amide bonds. The molecule has 3 N–H and O–H groups in total. The molecule has 6 nitrogen and oxygen atoms in total. The Morgan fingerprint density at radius 1 is 1.10 bits per heavy atom. The number of rotatable bonds is 11. The van der Waals surface area contributed by atoms with Gasteiger partial charge < -0.3 is 15.7 Å². The van der Waals surface area contributed by atoms with Crippen molar-refractivity contribution >= 4 is 17.8 Å². The molecule has 0 radical (unpaired) electrons. The van der Waals surface area contributed by atoms with Crippen molar-refractivity contribution in [3.8, 4) is 0 Å². The summed E-state index contributed by atoms with van der Waals surface area (Å²) in [5, 5.41) is 14.2. The number of hydrogen-bond acceptors (Lipinski definition) is 3. The number of hydrogen-bond donors (Lipinski definition) is 3. The van der Waals surface area contributed by atoms with Gasteiger partial charge in [0.05, 0.1) is 0 Å². The Balaban J connectivity index is 3.74. The molecule has 0 aliphatic heterocycles. The molecule has 0 rings (SSSR count). The van der Waals surface area contributed by atoms with Gasteiger partial charge in [-0.1, -0.05) is 26.2 Å². The number of carbonyl (C=O) groups excluding carboxylic acids is 2. The maximum atomic E-state index is 11.6. The van der Waals surface area contributed by atoms with Crippen LogP contribution in [-0.4, -0.2) is 35.5 Å². The average molecular weight is 286 g/mol. The quantitative estimate of drug-likeness (QED) is 0.501. The topological polar surface area (TPSA) is 95.5 Å². The number of unbranched alkanes of at least 4 members (excludes halogenated alkanes) is 3. The lowest BCUT2D eigenvalue weighted by atomic mass is 10.1. The first-order valence-corrected chi connectivity index (χ1v) is 7.24. The van der Waals surface area contributed by atoms with Crippen molar-refractivity contribution in [3.63, 3.8) is 0 Å². The van der Waals surface area contributed by atoms with Crippen LogP contribution in [0.2, 0.25) is 0 Å². The van der Waals surface area contributed by atoms with E-state index in [1.807, 2.05) is 6.92 Å². The molecule has 0 heterocycles. The van der Waals surface area contributed by atoms with Gasteiger partial charge in [-0.15, -0.1) is 0 Å². The highest BCUT2D eigenvalue weighted by Crippen LogP contribution is 2.03. The summed E-state index contributed by atoms with van der Waals surface area (Å²) in [5.74, 6) is -1.24. The number of carbonyl (C=O) groups is 3. The first kappa shape index (κ1) is 18.4. The Morgan fingerprint density at radius 3 is 2.35 bits per heavy atom. The van der Waals surface area contributed by atoms with Gasteiger partial charge in [0.2, 0.25) is 11.8 Å². The number of aliphatic carboxylic acids is 1. The lowest BCUT2D eigenvalue weighted by Gasteiger charge is -2.13. The van der Waals surface area contributed by atoms with Crippen molar-refractivity contribution in [1.82, 2.24) is 10.6 Å².